The third kappa shape index (κ3) is 2.09. The molecule has 7 nitrogen and oxygen atoms in total. The van der Waals surface area contributed by atoms with Crippen LogP contribution < -0.4 is 0 Å². The van der Waals surface area contributed by atoms with Crippen LogP contribution in [0.25, 0.3) is 23.0 Å². The molecule has 0 aliphatic heterocycles. The van der Waals surface area contributed by atoms with E-state index in [0.717, 1.165) is 17.8 Å². The second kappa shape index (κ2) is 4.75. The van der Waals surface area contributed by atoms with E-state index in [1.165, 1.54) is 0 Å². The molecule has 3 heterocycles. The van der Waals surface area contributed by atoms with Crippen LogP contribution in [0.15, 0.2) is 16.8 Å². The molecule has 104 valence electrons. The van der Waals surface area contributed by atoms with Crippen molar-refractivity contribution >= 4 is 11.6 Å². The largest absolute Gasteiger partial charge is 0.414 e. The van der Waals surface area contributed by atoms with Gasteiger partial charge < -0.3 is 4.42 Å². The zero-order valence-electron chi connectivity index (χ0n) is 11.3. The van der Waals surface area contributed by atoms with Crippen LogP contribution in [0, 0.1) is 6.92 Å². The van der Waals surface area contributed by atoms with Crippen molar-refractivity contribution in [2.24, 2.45) is 7.05 Å². The summed E-state index contributed by atoms with van der Waals surface area (Å²) in [5.41, 5.74) is 2.12. The maximum Gasteiger partial charge on any atom is 0.270 e. The molecule has 0 aliphatic rings. The van der Waals surface area contributed by atoms with Crippen molar-refractivity contribution < 1.29 is 4.42 Å². The van der Waals surface area contributed by atoms with Gasteiger partial charge in [0.25, 0.3) is 11.8 Å². The lowest BCUT2D eigenvalue weighted by Crippen LogP contribution is -1.93. The van der Waals surface area contributed by atoms with Gasteiger partial charge in [-0.25, -0.2) is 0 Å². The van der Waals surface area contributed by atoms with E-state index < -0.39 is 0 Å². The van der Waals surface area contributed by atoms with Crippen LogP contribution in [0.2, 0.25) is 5.02 Å². The van der Waals surface area contributed by atoms with Crippen molar-refractivity contribution in [2.45, 2.75) is 20.4 Å². The lowest BCUT2D eigenvalue weighted by Gasteiger charge is -1.91. The summed E-state index contributed by atoms with van der Waals surface area (Å²) in [6.07, 6.45) is 3.56. The van der Waals surface area contributed by atoms with Gasteiger partial charge in [0.15, 0.2) is 5.69 Å². The Balaban J connectivity index is 2.01. The van der Waals surface area contributed by atoms with E-state index >= 15 is 0 Å². The fourth-order valence-corrected chi connectivity index (χ4v) is 2.17. The van der Waals surface area contributed by atoms with E-state index in [1.54, 1.807) is 15.6 Å². The molecule has 0 saturated carbocycles. The zero-order valence-corrected chi connectivity index (χ0v) is 12.1. The van der Waals surface area contributed by atoms with Crippen LogP contribution in [0.4, 0.5) is 0 Å². The molecule has 3 aromatic heterocycles. The Morgan fingerprint density at radius 2 is 1.95 bits per heavy atom. The Morgan fingerprint density at radius 1 is 1.20 bits per heavy atom. The fourth-order valence-electron chi connectivity index (χ4n) is 1.94. The molecule has 0 fully saturated rings. The van der Waals surface area contributed by atoms with Gasteiger partial charge in [0.05, 0.1) is 16.3 Å². The highest BCUT2D eigenvalue weighted by Crippen LogP contribution is 2.28. The van der Waals surface area contributed by atoms with Crippen molar-refractivity contribution in [3.63, 3.8) is 0 Å². The maximum absolute atomic E-state index is 6.12. The van der Waals surface area contributed by atoms with Crippen molar-refractivity contribution in [3.05, 3.63) is 23.1 Å². The molecule has 8 heteroatoms. The zero-order chi connectivity index (χ0) is 14.3. The van der Waals surface area contributed by atoms with Crippen molar-refractivity contribution in [1.82, 2.24) is 29.8 Å². The van der Waals surface area contributed by atoms with Gasteiger partial charge in [0, 0.05) is 26.0 Å². The minimum absolute atomic E-state index is 0.306. The van der Waals surface area contributed by atoms with Crippen LogP contribution in [-0.2, 0) is 13.6 Å². The van der Waals surface area contributed by atoms with Gasteiger partial charge in [0.1, 0.15) is 0 Å². The molecule has 0 unspecified atom stereocenters. The van der Waals surface area contributed by atoms with Crippen molar-refractivity contribution in [3.8, 4) is 23.0 Å². The first-order chi connectivity index (χ1) is 9.58. The summed E-state index contributed by atoms with van der Waals surface area (Å²) in [6, 6.07) is 0. The summed E-state index contributed by atoms with van der Waals surface area (Å²) in [6.45, 7) is 4.59. The van der Waals surface area contributed by atoms with Gasteiger partial charge >= 0.3 is 0 Å². The summed E-state index contributed by atoms with van der Waals surface area (Å²) < 4.78 is 9.07. The number of nitrogens with zero attached hydrogens (tertiary/aromatic N) is 6. The fraction of sp³-hybridized carbons (Fsp3) is 0.333. The Labute approximate surface area is 120 Å². The van der Waals surface area contributed by atoms with Gasteiger partial charge in [0.2, 0.25) is 0 Å². The van der Waals surface area contributed by atoms with E-state index in [-0.39, 0.29) is 0 Å². The van der Waals surface area contributed by atoms with Gasteiger partial charge in [-0.2, -0.15) is 10.2 Å². The summed E-state index contributed by atoms with van der Waals surface area (Å²) in [4.78, 5) is 0. The number of hydrogen-bond acceptors (Lipinski definition) is 5. The smallest absolute Gasteiger partial charge is 0.270 e. The molecular weight excluding hydrogens is 280 g/mol. The first kappa shape index (κ1) is 12.9. The van der Waals surface area contributed by atoms with E-state index in [9.17, 15) is 0 Å². The standard InChI is InChI=1S/C12H13ClN6O/c1-4-19-6-9(13)10(17-19)12-15-14-11(20-12)8-5-18(3)16-7(8)2/h5-6H,4H2,1-3H3. The molecule has 0 bridgehead atoms. The second-order valence-electron chi connectivity index (χ2n) is 4.40. The molecule has 0 amide bonds. The maximum atomic E-state index is 6.12. The summed E-state index contributed by atoms with van der Waals surface area (Å²) >= 11 is 6.12. The van der Waals surface area contributed by atoms with E-state index in [2.05, 4.69) is 20.4 Å². The molecule has 0 aliphatic carbocycles. The molecule has 20 heavy (non-hydrogen) atoms. The van der Waals surface area contributed by atoms with Crippen LogP contribution >= 0.6 is 11.6 Å². The average molecular weight is 293 g/mol. The lowest BCUT2D eigenvalue weighted by atomic mass is 10.3. The summed E-state index contributed by atoms with van der Waals surface area (Å²) in [5, 5.41) is 17.1. The Bertz CT molecular complexity index is 756. The SMILES string of the molecule is CCn1cc(Cl)c(-c2nnc(-c3cn(C)nc3C)o2)n1. The minimum atomic E-state index is 0.306. The number of hydrogen-bond donors (Lipinski definition) is 0. The van der Waals surface area contributed by atoms with Crippen LogP contribution in [-0.4, -0.2) is 29.8 Å². The summed E-state index contributed by atoms with van der Waals surface area (Å²) in [5.74, 6) is 0.716. The van der Waals surface area contributed by atoms with E-state index in [4.69, 9.17) is 16.0 Å². The van der Waals surface area contributed by atoms with Crippen LogP contribution in [0.3, 0.4) is 0 Å². The van der Waals surface area contributed by atoms with Crippen LogP contribution in [0.5, 0.6) is 0 Å². The predicted octanol–water partition coefficient (Wildman–Crippen LogP) is 2.32. The predicted molar refractivity (Wildman–Crippen MR) is 73.1 cm³/mol. The van der Waals surface area contributed by atoms with E-state index in [0.29, 0.717) is 22.5 Å². The normalized spacial score (nSPS) is 11.2. The van der Waals surface area contributed by atoms with Gasteiger partial charge in [-0.3, -0.25) is 9.36 Å². The first-order valence-corrected chi connectivity index (χ1v) is 6.53. The molecule has 3 aromatic rings. The highest BCUT2D eigenvalue weighted by Gasteiger charge is 2.18. The number of halogens is 1. The number of aryl methyl sites for hydroxylation is 3. The van der Waals surface area contributed by atoms with Crippen LogP contribution in [0.1, 0.15) is 12.6 Å². The molecule has 0 aromatic carbocycles. The monoisotopic (exact) mass is 292 g/mol. The molecule has 0 saturated heterocycles. The topological polar surface area (TPSA) is 74.6 Å². The molecule has 0 atom stereocenters. The van der Waals surface area contributed by atoms with E-state index in [1.807, 2.05) is 27.1 Å². The lowest BCUT2D eigenvalue weighted by molar-refractivity contribution is 0.576. The van der Waals surface area contributed by atoms with Gasteiger partial charge in [-0.1, -0.05) is 11.6 Å². The van der Waals surface area contributed by atoms with Gasteiger partial charge in [-0.05, 0) is 13.8 Å². The molecular formula is C12H13ClN6O. The molecule has 0 radical (unpaired) electrons. The minimum Gasteiger partial charge on any atom is -0.414 e. The van der Waals surface area contributed by atoms with Gasteiger partial charge in [-0.15, -0.1) is 10.2 Å². The third-order valence-electron chi connectivity index (χ3n) is 2.91. The highest BCUT2D eigenvalue weighted by atomic mass is 35.5. The number of aromatic nitrogens is 6. The first-order valence-electron chi connectivity index (χ1n) is 6.16. The highest BCUT2D eigenvalue weighted by molar-refractivity contribution is 6.32. The average Bonchev–Trinajstić information content (AvgIpc) is 3.08. The van der Waals surface area contributed by atoms with Crippen molar-refractivity contribution in [2.75, 3.05) is 0 Å². The van der Waals surface area contributed by atoms with Crippen molar-refractivity contribution in [1.29, 1.82) is 0 Å². The second-order valence-corrected chi connectivity index (χ2v) is 4.80. The number of rotatable bonds is 3. The Hall–Kier alpha value is -2.15. The molecule has 0 N–H and O–H groups in total. The molecule has 0 spiro atoms. The Morgan fingerprint density at radius 3 is 2.55 bits per heavy atom. The quantitative estimate of drug-likeness (QED) is 0.740. The Kier molecular flexibility index (Phi) is 3.06. The third-order valence-corrected chi connectivity index (χ3v) is 3.19. The summed E-state index contributed by atoms with van der Waals surface area (Å²) in [7, 11) is 1.84. The molecule has 3 rings (SSSR count).